The van der Waals surface area contributed by atoms with E-state index in [1.807, 2.05) is 22.6 Å². The van der Waals surface area contributed by atoms with Crippen molar-refractivity contribution in [1.82, 2.24) is 19.4 Å². The second-order valence-electron chi connectivity index (χ2n) is 6.29. The summed E-state index contributed by atoms with van der Waals surface area (Å²) >= 11 is 0. The molecule has 1 aliphatic heterocycles. The molecule has 5 heteroatoms. The van der Waals surface area contributed by atoms with Crippen molar-refractivity contribution < 1.29 is 4.79 Å². The van der Waals surface area contributed by atoms with Crippen molar-refractivity contribution in [1.29, 1.82) is 0 Å². The molecule has 0 N–H and O–H groups in total. The van der Waals surface area contributed by atoms with Crippen LogP contribution in [0.2, 0.25) is 0 Å². The van der Waals surface area contributed by atoms with Crippen molar-refractivity contribution in [2.24, 2.45) is 7.05 Å². The smallest absolute Gasteiger partial charge is 0.256 e. The number of fused-ring (bicyclic) bond motifs is 2. The third-order valence-electron chi connectivity index (χ3n) is 4.86. The van der Waals surface area contributed by atoms with Gasteiger partial charge in [-0.25, -0.2) is 9.97 Å². The molecule has 1 atom stereocenters. The Morgan fingerprint density at radius 3 is 2.96 bits per heavy atom. The van der Waals surface area contributed by atoms with Gasteiger partial charge in [-0.15, -0.1) is 0 Å². The van der Waals surface area contributed by atoms with Crippen molar-refractivity contribution in [3.8, 4) is 0 Å². The van der Waals surface area contributed by atoms with Crippen LogP contribution in [0.5, 0.6) is 0 Å². The van der Waals surface area contributed by atoms with Gasteiger partial charge in [0, 0.05) is 19.8 Å². The van der Waals surface area contributed by atoms with E-state index in [1.165, 1.54) is 11.1 Å². The number of carbonyl (C=O) groups excluding carboxylic acids is 1. The number of aryl methyl sites for hydroxylation is 1. The Balaban J connectivity index is 1.70. The highest BCUT2D eigenvalue weighted by molar-refractivity contribution is 5.96. The summed E-state index contributed by atoms with van der Waals surface area (Å²) in [7, 11) is 1.90. The van der Waals surface area contributed by atoms with Crippen molar-refractivity contribution in [2.45, 2.75) is 25.8 Å². The zero-order chi connectivity index (χ0) is 16.7. The quantitative estimate of drug-likeness (QED) is 0.729. The van der Waals surface area contributed by atoms with E-state index in [1.54, 1.807) is 12.5 Å². The predicted molar refractivity (Wildman–Crippen MR) is 92.7 cm³/mol. The van der Waals surface area contributed by atoms with Gasteiger partial charge in [0.2, 0.25) is 0 Å². The maximum Gasteiger partial charge on any atom is 0.256 e. The lowest BCUT2D eigenvalue weighted by Crippen LogP contribution is -2.39. The molecule has 122 valence electrons. The third-order valence-corrected chi connectivity index (χ3v) is 4.86. The molecule has 0 spiro atoms. The van der Waals surface area contributed by atoms with Crippen LogP contribution in [0.4, 0.5) is 0 Å². The highest BCUT2D eigenvalue weighted by Gasteiger charge is 2.30. The number of imidazole rings is 1. The monoisotopic (exact) mass is 320 g/mol. The molecule has 0 radical (unpaired) electrons. The SMILES string of the molecule is CC[C@@H]1c2ccccc2CCN1C(=O)c1cnc2c(c1)ncn2C. The normalized spacial score (nSPS) is 17.1. The second-order valence-corrected chi connectivity index (χ2v) is 6.29. The summed E-state index contributed by atoms with van der Waals surface area (Å²) in [5.41, 5.74) is 4.79. The van der Waals surface area contributed by atoms with Gasteiger partial charge < -0.3 is 9.47 Å². The molecule has 0 fully saturated rings. The summed E-state index contributed by atoms with van der Waals surface area (Å²) < 4.78 is 1.86. The van der Waals surface area contributed by atoms with Crippen molar-refractivity contribution in [3.63, 3.8) is 0 Å². The summed E-state index contributed by atoms with van der Waals surface area (Å²) in [4.78, 5) is 23.8. The lowest BCUT2D eigenvalue weighted by Gasteiger charge is -2.37. The molecule has 0 aliphatic carbocycles. The number of rotatable bonds is 2. The van der Waals surface area contributed by atoms with Crippen LogP contribution in [0, 0.1) is 0 Å². The van der Waals surface area contributed by atoms with Crippen LogP contribution in [0.3, 0.4) is 0 Å². The fourth-order valence-corrected chi connectivity index (χ4v) is 3.63. The fraction of sp³-hybridized carbons (Fsp3) is 0.316. The molecule has 0 unspecified atom stereocenters. The molecule has 5 nitrogen and oxygen atoms in total. The summed E-state index contributed by atoms with van der Waals surface area (Å²) in [6, 6.07) is 10.4. The average molecular weight is 320 g/mol. The minimum Gasteiger partial charge on any atom is -0.331 e. The minimum atomic E-state index is 0.0383. The number of aromatic nitrogens is 3. The second kappa shape index (κ2) is 5.74. The molecule has 0 saturated carbocycles. The summed E-state index contributed by atoms with van der Waals surface area (Å²) in [6.07, 6.45) is 5.19. The molecule has 24 heavy (non-hydrogen) atoms. The van der Waals surface area contributed by atoms with E-state index in [0.717, 1.165) is 30.6 Å². The Morgan fingerprint density at radius 1 is 1.29 bits per heavy atom. The predicted octanol–water partition coefficient (Wildman–Crippen LogP) is 3.12. The maximum absolute atomic E-state index is 13.1. The highest BCUT2D eigenvalue weighted by Crippen LogP contribution is 2.33. The lowest BCUT2D eigenvalue weighted by molar-refractivity contribution is 0.0655. The Bertz CT molecular complexity index is 915. The fourth-order valence-electron chi connectivity index (χ4n) is 3.63. The topological polar surface area (TPSA) is 51.0 Å². The Morgan fingerprint density at radius 2 is 2.12 bits per heavy atom. The first-order valence-electron chi connectivity index (χ1n) is 8.35. The van der Waals surface area contributed by atoms with E-state index in [2.05, 4.69) is 41.2 Å². The van der Waals surface area contributed by atoms with E-state index in [9.17, 15) is 4.79 Å². The van der Waals surface area contributed by atoms with Crippen LogP contribution in [0.15, 0.2) is 42.9 Å². The lowest BCUT2D eigenvalue weighted by atomic mass is 9.90. The van der Waals surface area contributed by atoms with Crippen molar-refractivity contribution >= 4 is 17.1 Å². The zero-order valence-electron chi connectivity index (χ0n) is 13.9. The number of carbonyl (C=O) groups is 1. The molecule has 3 aromatic rings. The maximum atomic E-state index is 13.1. The molecule has 1 aliphatic rings. The third kappa shape index (κ3) is 2.28. The van der Waals surface area contributed by atoms with E-state index in [0.29, 0.717) is 5.56 Å². The molecule has 1 aromatic carbocycles. The van der Waals surface area contributed by atoms with Crippen LogP contribution in [0.1, 0.15) is 40.9 Å². The Kier molecular flexibility index (Phi) is 3.56. The number of hydrogen-bond acceptors (Lipinski definition) is 3. The average Bonchev–Trinajstić information content (AvgIpc) is 3.00. The molecule has 3 heterocycles. The van der Waals surface area contributed by atoms with Gasteiger partial charge >= 0.3 is 0 Å². The standard InChI is InChI=1S/C19H20N4O/c1-3-17-15-7-5-4-6-13(15)8-9-23(17)19(24)14-10-16-18(20-11-14)22(2)12-21-16/h4-7,10-12,17H,3,8-9H2,1-2H3/t17-/m1/s1. The largest absolute Gasteiger partial charge is 0.331 e. The number of pyridine rings is 1. The van der Waals surface area contributed by atoms with E-state index >= 15 is 0 Å². The van der Waals surface area contributed by atoms with Crippen LogP contribution < -0.4 is 0 Å². The molecular formula is C19H20N4O. The van der Waals surface area contributed by atoms with E-state index in [-0.39, 0.29) is 11.9 Å². The molecule has 1 amide bonds. The van der Waals surface area contributed by atoms with Gasteiger partial charge in [-0.05, 0) is 30.0 Å². The van der Waals surface area contributed by atoms with Crippen LogP contribution in [-0.2, 0) is 13.5 Å². The summed E-state index contributed by atoms with van der Waals surface area (Å²) in [5.74, 6) is 0.0383. The summed E-state index contributed by atoms with van der Waals surface area (Å²) in [6.45, 7) is 2.88. The van der Waals surface area contributed by atoms with Crippen molar-refractivity contribution in [2.75, 3.05) is 6.54 Å². The minimum absolute atomic E-state index is 0.0383. The van der Waals surface area contributed by atoms with Gasteiger partial charge in [-0.3, -0.25) is 4.79 Å². The highest BCUT2D eigenvalue weighted by atomic mass is 16.2. The molecule has 0 saturated heterocycles. The van der Waals surface area contributed by atoms with Crippen LogP contribution in [0.25, 0.3) is 11.2 Å². The van der Waals surface area contributed by atoms with Crippen LogP contribution in [-0.4, -0.2) is 31.9 Å². The van der Waals surface area contributed by atoms with Gasteiger partial charge in [0.1, 0.15) is 5.52 Å². The van der Waals surface area contributed by atoms with Gasteiger partial charge in [0.25, 0.3) is 5.91 Å². The molecule has 2 aromatic heterocycles. The van der Waals surface area contributed by atoms with E-state index in [4.69, 9.17) is 0 Å². The van der Waals surface area contributed by atoms with Crippen LogP contribution >= 0.6 is 0 Å². The first-order valence-corrected chi connectivity index (χ1v) is 8.35. The first kappa shape index (κ1) is 14.9. The molecule has 4 rings (SSSR count). The number of benzene rings is 1. The van der Waals surface area contributed by atoms with Gasteiger partial charge in [0.15, 0.2) is 5.65 Å². The Hall–Kier alpha value is -2.69. The Labute approximate surface area is 140 Å². The van der Waals surface area contributed by atoms with E-state index < -0.39 is 0 Å². The number of nitrogens with zero attached hydrogens (tertiary/aromatic N) is 4. The van der Waals surface area contributed by atoms with Crippen molar-refractivity contribution in [3.05, 3.63) is 59.5 Å². The number of hydrogen-bond donors (Lipinski definition) is 0. The zero-order valence-corrected chi connectivity index (χ0v) is 13.9. The first-order chi connectivity index (χ1) is 11.7. The number of amides is 1. The molecule has 0 bridgehead atoms. The van der Waals surface area contributed by atoms with Gasteiger partial charge in [0.05, 0.1) is 17.9 Å². The van der Waals surface area contributed by atoms with Gasteiger partial charge in [-0.2, -0.15) is 0 Å². The summed E-state index contributed by atoms with van der Waals surface area (Å²) in [5, 5.41) is 0. The molecular weight excluding hydrogens is 300 g/mol. The van der Waals surface area contributed by atoms with Gasteiger partial charge in [-0.1, -0.05) is 31.2 Å².